The number of benzene rings is 2. The number of esters is 2. The number of carbonyl (C=O) groups excluding carboxylic acids is 2. The average Bonchev–Trinajstić information content (AvgIpc) is 2.88. The molecule has 2 aromatic carbocycles. The van der Waals surface area contributed by atoms with E-state index in [1.807, 2.05) is 25.1 Å². The van der Waals surface area contributed by atoms with Gasteiger partial charge in [-0.05, 0) is 80.6 Å². The third-order valence-electron chi connectivity index (χ3n) is 6.25. The van der Waals surface area contributed by atoms with Gasteiger partial charge in [-0.2, -0.15) is 0 Å². The lowest BCUT2D eigenvalue weighted by Gasteiger charge is -2.31. The maximum absolute atomic E-state index is 13.0. The summed E-state index contributed by atoms with van der Waals surface area (Å²) in [5, 5.41) is 10.9. The summed E-state index contributed by atoms with van der Waals surface area (Å²) in [5.74, 6) is 0.110. The van der Waals surface area contributed by atoms with Gasteiger partial charge in [-0.25, -0.2) is 4.79 Å². The highest BCUT2D eigenvalue weighted by Gasteiger charge is 2.26. The molecule has 1 heterocycles. The summed E-state index contributed by atoms with van der Waals surface area (Å²) in [6.45, 7) is 8.12. The van der Waals surface area contributed by atoms with E-state index in [-0.39, 0.29) is 42.9 Å². The van der Waals surface area contributed by atoms with Crippen LogP contribution in [0, 0.1) is 5.41 Å². The quantitative estimate of drug-likeness (QED) is 0.206. The van der Waals surface area contributed by atoms with Crippen molar-refractivity contribution in [3.63, 3.8) is 0 Å². The molecule has 0 saturated carbocycles. The lowest BCUT2D eigenvalue weighted by atomic mass is 10.0. The Bertz CT molecular complexity index is 1070. The lowest BCUT2D eigenvalue weighted by molar-refractivity contribution is -0.145. The molecule has 1 saturated heterocycles. The number of anilines is 1. The number of halogens is 1. The number of nitrogens with zero attached hydrogens (tertiary/aromatic N) is 1. The van der Waals surface area contributed by atoms with Gasteiger partial charge in [0.25, 0.3) is 0 Å². The number of amidine groups is 1. The average molecular weight is 547 g/mol. The molecule has 1 unspecified atom stereocenters. The number of aryl methyl sites for hydroxylation is 1. The molecular weight excluding hydrogens is 508 g/mol. The molecule has 38 heavy (non-hydrogen) atoms. The van der Waals surface area contributed by atoms with E-state index >= 15 is 0 Å². The fourth-order valence-corrected chi connectivity index (χ4v) is 4.31. The molecule has 0 radical (unpaired) electrons. The van der Waals surface area contributed by atoms with E-state index in [2.05, 4.69) is 17.1 Å². The monoisotopic (exact) mass is 546 g/mol. The SMILES string of the molecule is CCOC(=O)CN1CCC(Oc2cc(CC)cc(C(Nc3ccc(C(=N)N)cc3)C(=O)OCC)c2)CC1.Cl. The van der Waals surface area contributed by atoms with Gasteiger partial charge in [-0.15, -0.1) is 12.4 Å². The molecule has 1 fully saturated rings. The molecule has 208 valence electrons. The predicted octanol–water partition coefficient (Wildman–Crippen LogP) is 4.08. The summed E-state index contributed by atoms with van der Waals surface area (Å²) in [7, 11) is 0. The summed E-state index contributed by atoms with van der Waals surface area (Å²) >= 11 is 0. The predicted molar refractivity (Wildman–Crippen MR) is 150 cm³/mol. The summed E-state index contributed by atoms with van der Waals surface area (Å²) in [5.41, 5.74) is 8.68. The van der Waals surface area contributed by atoms with Gasteiger partial charge in [0.2, 0.25) is 0 Å². The zero-order valence-corrected chi connectivity index (χ0v) is 23.1. The smallest absolute Gasteiger partial charge is 0.333 e. The minimum atomic E-state index is -0.733. The van der Waals surface area contributed by atoms with Crippen molar-refractivity contribution in [3.05, 3.63) is 59.2 Å². The fourth-order valence-electron chi connectivity index (χ4n) is 4.31. The molecule has 1 aliphatic rings. The number of hydrogen-bond acceptors (Lipinski definition) is 8. The molecule has 3 rings (SSSR count). The van der Waals surface area contributed by atoms with Crippen LogP contribution in [-0.2, 0) is 25.5 Å². The first-order valence-corrected chi connectivity index (χ1v) is 12.9. The first-order valence-electron chi connectivity index (χ1n) is 12.9. The molecule has 1 aliphatic heterocycles. The maximum atomic E-state index is 13.0. The van der Waals surface area contributed by atoms with Gasteiger partial charge in [0.1, 0.15) is 17.7 Å². The number of rotatable bonds is 12. The van der Waals surface area contributed by atoms with E-state index in [4.69, 9.17) is 25.4 Å². The molecule has 0 spiro atoms. The summed E-state index contributed by atoms with van der Waals surface area (Å²) in [4.78, 5) is 26.8. The van der Waals surface area contributed by atoms with Crippen molar-refractivity contribution in [2.75, 3.05) is 38.2 Å². The van der Waals surface area contributed by atoms with Crippen LogP contribution in [0.3, 0.4) is 0 Å². The van der Waals surface area contributed by atoms with Gasteiger partial charge in [0.05, 0.1) is 19.8 Å². The highest BCUT2D eigenvalue weighted by atomic mass is 35.5. The number of piperidine rings is 1. The standard InChI is InChI=1S/C28H38N4O5.ClH/c1-4-19-15-21(26(28(34)36-6-3)31-22-9-7-20(8-10-22)27(29)30)17-24(16-19)37-23-11-13-32(14-12-23)18-25(33)35-5-2;/h7-10,15-17,23,26,31H,4-6,11-14,18H2,1-3H3,(H3,29,30);1H. The number of nitrogen functional groups attached to an aromatic ring is 1. The van der Waals surface area contributed by atoms with Gasteiger partial charge in [0.15, 0.2) is 6.04 Å². The van der Waals surface area contributed by atoms with Crippen LogP contribution in [0.2, 0.25) is 0 Å². The Balaban J connectivity index is 0.00000507. The molecule has 9 nitrogen and oxygen atoms in total. The molecule has 2 aromatic rings. The van der Waals surface area contributed by atoms with Crippen LogP contribution in [-0.4, -0.2) is 61.6 Å². The normalized spacial score (nSPS) is 14.6. The van der Waals surface area contributed by atoms with Crippen molar-refractivity contribution < 1.29 is 23.8 Å². The molecule has 0 aliphatic carbocycles. The van der Waals surface area contributed by atoms with Crippen LogP contribution in [0.5, 0.6) is 5.75 Å². The molecule has 1 atom stereocenters. The topological polar surface area (TPSA) is 127 Å². The van der Waals surface area contributed by atoms with E-state index in [0.29, 0.717) is 30.2 Å². The molecule has 0 amide bonds. The minimum absolute atomic E-state index is 0. The summed E-state index contributed by atoms with van der Waals surface area (Å²) < 4.78 is 16.8. The Kier molecular flexibility index (Phi) is 12.4. The fraction of sp³-hybridized carbons (Fsp3) is 0.464. The van der Waals surface area contributed by atoms with Crippen LogP contribution in [0.15, 0.2) is 42.5 Å². The van der Waals surface area contributed by atoms with Gasteiger partial charge in [-0.3, -0.25) is 15.1 Å². The third-order valence-corrected chi connectivity index (χ3v) is 6.25. The van der Waals surface area contributed by atoms with Crippen molar-refractivity contribution in [1.82, 2.24) is 4.90 Å². The maximum Gasteiger partial charge on any atom is 0.333 e. The van der Waals surface area contributed by atoms with Crippen molar-refractivity contribution in [1.29, 1.82) is 5.41 Å². The van der Waals surface area contributed by atoms with Crippen molar-refractivity contribution in [3.8, 4) is 5.75 Å². The highest BCUT2D eigenvalue weighted by molar-refractivity contribution is 5.95. The first kappa shape index (κ1) is 30.9. The van der Waals surface area contributed by atoms with Crippen molar-refractivity contribution in [2.24, 2.45) is 5.73 Å². The second-order valence-electron chi connectivity index (χ2n) is 8.98. The van der Waals surface area contributed by atoms with Crippen LogP contribution in [0.1, 0.15) is 56.3 Å². The van der Waals surface area contributed by atoms with E-state index < -0.39 is 6.04 Å². The second-order valence-corrected chi connectivity index (χ2v) is 8.98. The molecule has 0 bridgehead atoms. The number of hydrogen-bond donors (Lipinski definition) is 3. The first-order chi connectivity index (χ1) is 17.8. The number of ether oxygens (including phenoxy) is 3. The molecule has 10 heteroatoms. The number of nitrogens with two attached hydrogens (primary N) is 1. The molecule has 0 aromatic heterocycles. The van der Waals surface area contributed by atoms with E-state index in [1.165, 1.54) is 0 Å². The number of carbonyl (C=O) groups is 2. The molecular formula is C28H39ClN4O5. The largest absolute Gasteiger partial charge is 0.490 e. The van der Waals surface area contributed by atoms with Crippen molar-refractivity contribution >= 4 is 35.9 Å². The van der Waals surface area contributed by atoms with E-state index in [9.17, 15) is 9.59 Å². The van der Waals surface area contributed by atoms with Gasteiger partial charge >= 0.3 is 11.9 Å². The molecule has 4 N–H and O–H groups in total. The Labute approximate surface area is 230 Å². The van der Waals surface area contributed by atoms with Crippen LogP contribution >= 0.6 is 12.4 Å². The van der Waals surface area contributed by atoms with Crippen LogP contribution in [0.25, 0.3) is 0 Å². The van der Waals surface area contributed by atoms with Gasteiger partial charge < -0.3 is 25.3 Å². The zero-order valence-electron chi connectivity index (χ0n) is 22.3. The Hall–Kier alpha value is -3.30. The third kappa shape index (κ3) is 8.92. The Morgan fingerprint density at radius 1 is 1.05 bits per heavy atom. The van der Waals surface area contributed by atoms with Gasteiger partial charge in [-0.1, -0.05) is 13.0 Å². The second kappa shape index (κ2) is 15.2. The number of likely N-dealkylation sites (tertiary alicyclic amines) is 1. The van der Waals surface area contributed by atoms with E-state index in [0.717, 1.165) is 43.5 Å². The van der Waals surface area contributed by atoms with Crippen molar-refractivity contribution in [2.45, 2.75) is 52.2 Å². The zero-order chi connectivity index (χ0) is 26.8. The Morgan fingerprint density at radius 3 is 2.29 bits per heavy atom. The lowest BCUT2D eigenvalue weighted by Crippen LogP contribution is -2.41. The number of nitrogens with one attached hydrogen (secondary N) is 2. The van der Waals surface area contributed by atoms with Crippen LogP contribution in [0.4, 0.5) is 5.69 Å². The Morgan fingerprint density at radius 2 is 1.71 bits per heavy atom. The summed E-state index contributed by atoms with van der Waals surface area (Å²) in [6.07, 6.45) is 2.40. The minimum Gasteiger partial charge on any atom is -0.490 e. The highest BCUT2D eigenvalue weighted by Crippen LogP contribution is 2.29. The van der Waals surface area contributed by atoms with E-state index in [1.54, 1.807) is 31.2 Å². The van der Waals surface area contributed by atoms with Gasteiger partial charge in [0, 0.05) is 24.3 Å². The van der Waals surface area contributed by atoms with Crippen LogP contribution < -0.4 is 15.8 Å². The summed E-state index contributed by atoms with van der Waals surface area (Å²) in [6, 6.07) is 12.2.